The molecule has 5 heteroatoms. The highest BCUT2D eigenvalue weighted by Crippen LogP contribution is 2.30. The summed E-state index contributed by atoms with van der Waals surface area (Å²) in [6, 6.07) is 10.5. The molecule has 1 aliphatic heterocycles. The fraction of sp³-hybridized carbons (Fsp3) is 0.412. The normalized spacial score (nSPS) is 16.4. The molecule has 3 rings (SSSR count). The van der Waals surface area contributed by atoms with Gasteiger partial charge in [0.05, 0.1) is 23.6 Å². The monoisotopic (exact) mass is 301 g/mol. The van der Waals surface area contributed by atoms with Crippen molar-refractivity contribution in [2.45, 2.75) is 32.2 Å². The molecule has 5 nitrogen and oxygen atoms in total. The highest BCUT2D eigenvalue weighted by atomic mass is 16.6. The number of nitrogens with zero attached hydrogens (tertiary/aromatic N) is 1. The lowest BCUT2D eigenvalue weighted by Crippen LogP contribution is -3.10. The van der Waals surface area contributed by atoms with Crippen molar-refractivity contribution in [1.29, 1.82) is 0 Å². The summed E-state index contributed by atoms with van der Waals surface area (Å²) in [5.74, 6) is 1.49. The molecule has 116 valence electrons. The summed E-state index contributed by atoms with van der Waals surface area (Å²) >= 11 is 0. The number of para-hydroxylation sites is 1. The Morgan fingerprint density at radius 3 is 2.50 bits per heavy atom. The second-order valence-electron chi connectivity index (χ2n) is 5.88. The maximum absolute atomic E-state index is 11.1. The molecule has 0 saturated carbocycles. The van der Waals surface area contributed by atoms with Gasteiger partial charge in [0.2, 0.25) is 0 Å². The zero-order chi connectivity index (χ0) is 15.4. The summed E-state index contributed by atoms with van der Waals surface area (Å²) in [4.78, 5) is 12.3. The van der Waals surface area contributed by atoms with Gasteiger partial charge in [-0.25, -0.2) is 0 Å². The van der Waals surface area contributed by atoms with Crippen LogP contribution in [0.3, 0.4) is 0 Å². The number of nitrogens with one attached hydrogen (secondary N) is 1. The minimum atomic E-state index is -0.364. The maximum atomic E-state index is 11.1. The Bertz CT molecular complexity index is 643. The number of rotatable bonds is 4. The first-order valence-corrected chi connectivity index (χ1v) is 7.90. The standard InChI is InChI=1S/C17H20N2O3/c20-19(21)16-8-4-3-7-15(16)17-10-9-14(22-17)13-18-11-5-1-2-6-12-18/h3-4,7-10H,1-2,5-6,11-13H2/p+1. The second-order valence-corrected chi connectivity index (χ2v) is 5.88. The molecule has 1 N–H and O–H groups in total. The van der Waals surface area contributed by atoms with Crippen LogP contribution in [0.15, 0.2) is 40.8 Å². The van der Waals surface area contributed by atoms with Crippen LogP contribution >= 0.6 is 0 Å². The number of hydrogen-bond acceptors (Lipinski definition) is 3. The van der Waals surface area contributed by atoms with Crippen LogP contribution in [0, 0.1) is 10.1 Å². The molecule has 0 bridgehead atoms. The van der Waals surface area contributed by atoms with Gasteiger partial charge < -0.3 is 9.32 Å². The van der Waals surface area contributed by atoms with Crippen LogP contribution in [0.2, 0.25) is 0 Å². The molecular weight excluding hydrogens is 280 g/mol. The van der Waals surface area contributed by atoms with E-state index in [0.29, 0.717) is 11.3 Å². The molecule has 0 radical (unpaired) electrons. The molecule has 1 saturated heterocycles. The van der Waals surface area contributed by atoms with E-state index in [9.17, 15) is 10.1 Å². The zero-order valence-electron chi connectivity index (χ0n) is 12.6. The Balaban J connectivity index is 1.77. The summed E-state index contributed by atoms with van der Waals surface area (Å²) in [6.45, 7) is 3.23. The molecule has 1 aliphatic rings. The first-order valence-electron chi connectivity index (χ1n) is 7.90. The van der Waals surface area contributed by atoms with Crippen LogP contribution in [0.4, 0.5) is 5.69 Å². The van der Waals surface area contributed by atoms with Gasteiger partial charge in [0, 0.05) is 6.07 Å². The van der Waals surface area contributed by atoms with Crippen LogP contribution in [0.1, 0.15) is 31.4 Å². The average Bonchev–Trinajstić information content (AvgIpc) is 2.83. The molecule has 0 atom stereocenters. The van der Waals surface area contributed by atoms with Crippen LogP contribution in [-0.2, 0) is 6.54 Å². The van der Waals surface area contributed by atoms with Crippen molar-refractivity contribution in [3.63, 3.8) is 0 Å². The van der Waals surface area contributed by atoms with E-state index in [1.54, 1.807) is 23.1 Å². The van der Waals surface area contributed by atoms with Crippen molar-refractivity contribution in [1.82, 2.24) is 0 Å². The fourth-order valence-corrected chi connectivity index (χ4v) is 3.11. The van der Waals surface area contributed by atoms with Crippen LogP contribution in [0.5, 0.6) is 0 Å². The molecule has 22 heavy (non-hydrogen) atoms. The average molecular weight is 301 g/mol. The van der Waals surface area contributed by atoms with Crippen LogP contribution in [-0.4, -0.2) is 18.0 Å². The first-order chi connectivity index (χ1) is 10.7. The quantitative estimate of drug-likeness (QED) is 0.698. The second kappa shape index (κ2) is 6.75. The van der Waals surface area contributed by atoms with E-state index < -0.39 is 0 Å². The number of likely N-dealkylation sites (tertiary alicyclic amines) is 1. The molecule has 1 aromatic carbocycles. The smallest absolute Gasteiger partial charge is 0.280 e. The predicted molar refractivity (Wildman–Crippen MR) is 83.7 cm³/mol. The third-order valence-corrected chi connectivity index (χ3v) is 4.26. The van der Waals surface area contributed by atoms with Crippen LogP contribution in [0.25, 0.3) is 11.3 Å². The summed E-state index contributed by atoms with van der Waals surface area (Å²) < 4.78 is 5.88. The lowest BCUT2D eigenvalue weighted by atomic mass is 10.1. The van der Waals surface area contributed by atoms with Crippen molar-refractivity contribution in [3.05, 3.63) is 52.3 Å². The number of nitro groups is 1. The molecule has 0 aliphatic carbocycles. The predicted octanol–water partition coefficient (Wildman–Crippen LogP) is 2.81. The largest absolute Gasteiger partial charge is 0.455 e. The van der Waals surface area contributed by atoms with Gasteiger partial charge in [0.25, 0.3) is 5.69 Å². The van der Waals surface area contributed by atoms with Crippen molar-refractivity contribution < 1.29 is 14.2 Å². The third-order valence-electron chi connectivity index (χ3n) is 4.26. The number of furan rings is 1. The summed E-state index contributed by atoms with van der Waals surface area (Å²) in [6.07, 6.45) is 5.19. The van der Waals surface area contributed by atoms with E-state index in [1.165, 1.54) is 44.8 Å². The summed E-state index contributed by atoms with van der Waals surface area (Å²) in [7, 11) is 0. The molecule has 1 fully saturated rings. The Morgan fingerprint density at radius 1 is 1.05 bits per heavy atom. The van der Waals surface area contributed by atoms with E-state index in [4.69, 9.17) is 4.42 Å². The molecule has 2 heterocycles. The van der Waals surface area contributed by atoms with Gasteiger partial charge in [-0.3, -0.25) is 10.1 Å². The zero-order valence-corrected chi connectivity index (χ0v) is 12.6. The van der Waals surface area contributed by atoms with E-state index in [2.05, 4.69) is 0 Å². The number of benzene rings is 1. The van der Waals surface area contributed by atoms with E-state index in [1.807, 2.05) is 12.1 Å². The highest BCUT2D eigenvalue weighted by molar-refractivity contribution is 5.69. The molecule has 0 spiro atoms. The summed E-state index contributed by atoms with van der Waals surface area (Å²) in [5.41, 5.74) is 0.634. The Labute approximate surface area is 129 Å². The number of hydrogen-bond donors (Lipinski definition) is 1. The lowest BCUT2D eigenvalue weighted by molar-refractivity contribution is -0.914. The highest BCUT2D eigenvalue weighted by Gasteiger charge is 2.19. The molecule has 1 aromatic heterocycles. The van der Waals surface area contributed by atoms with Gasteiger partial charge in [0.15, 0.2) is 5.76 Å². The number of nitro benzene ring substituents is 1. The van der Waals surface area contributed by atoms with Crippen molar-refractivity contribution >= 4 is 5.69 Å². The van der Waals surface area contributed by atoms with Gasteiger partial charge in [-0.2, -0.15) is 0 Å². The molecule has 2 aromatic rings. The maximum Gasteiger partial charge on any atom is 0.280 e. The van der Waals surface area contributed by atoms with Crippen molar-refractivity contribution in [2.75, 3.05) is 13.1 Å². The Kier molecular flexibility index (Phi) is 4.53. The molecule has 0 amide bonds. The van der Waals surface area contributed by atoms with Gasteiger partial charge >= 0.3 is 0 Å². The topological polar surface area (TPSA) is 60.7 Å². The van der Waals surface area contributed by atoms with E-state index >= 15 is 0 Å². The first kappa shape index (κ1) is 14.8. The van der Waals surface area contributed by atoms with Crippen molar-refractivity contribution in [2.24, 2.45) is 0 Å². The number of quaternary nitrogens is 1. The minimum Gasteiger partial charge on any atom is -0.455 e. The Morgan fingerprint density at radius 2 is 1.77 bits per heavy atom. The minimum absolute atomic E-state index is 0.0884. The SMILES string of the molecule is O=[N+]([O-])c1ccccc1-c1ccc(C[NH+]2CCCCCC2)o1. The Hall–Kier alpha value is -2.14. The molecular formula is C17H21N2O3+. The van der Waals surface area contributed by atoms with Gasteiger partial charge in [0.1, 0.15) is 12.3 Å². The summed E-state index contributed by atoms with van der Waals surface area (Å²) in [5, 5.41) is 11.1. The fourth-order valence-electron chi connectivity index (χ4n) is 3.11. The lowest BCUT2D eigenvalue weighted by Gasteiger charge is -2.15. The third kappa shape index (κ3) is 3.36. The van der Waals surface area contributed by atoms with E-state index in [-0.39, 0.29) is 10.6 Å². The molecule has 0 unspecified atom stereocenters. The van der Waals surface area contributed by atoms with Gasteiger partial charge in [-0.1, -0.05) is 12.1 Å². The van der Waals surface area contributed by atoms with Gasteiger partial charge in [-0.05, 0) is 43.9 Å². The van der Waals surface area contributed by atoms with Crippen molar-refractivity contribution in [3.8, 4) is 11.3 Å². The van der Waals surface area contributed by atoms with Crippen LogP contribution < -0.4 is 4.90 Å². The van der Waals surface area contributed by atoms with Gasteiger partial charge in [-0.15, -0.1) is 0 Å². The van der Waals surface area contributed by atoms with E-state index in [0.717, 1.165) is 12.3 Å².